The molecule has 1 fully saturated rings. The summed E-state index contributed by atoms with van der Waals surface area (Å²) in [5.74, 6) is 0. The van der Waals surface area contributed by atoms with E-state index in [0.717, 1.165) is 30.8 Å². The molecule has 4 N–H and O–H groups in total. The molecule has 0 aromatic heterocycles. The van der Waals surface area contributed by atoms with E-state index in [2.05, 4.69) is 14.9 Å². The second-order valence-electron chi connectivity index (χ2n) is 3.19. The molecule has 0 amide bonds. The maximum Gasteiger partial charge on any atom is 0.412 e. The predicted molar refractivity (Wildman–Crippen MR) is 61.6 cm³/mol. The van der Waals surface area contributed by atoms with Crippen LogP contribution in [0.2, 0.25) is 0 Å². The lowest BCUT2D eigenvalue weighted by atomic mass is 10.4. The number of rotatable bonds is 3. The molecule has 0 aromatic rings. The minimum atomic E-state index is -4.00. The molecule has 1 saturated heterocycles. The fourth-order valence-electron chi connectivity index (χ4n) is 0.787. The van der Waals surface area contributed by atoms with Crippen LogP contribution < -0.4 is 10.6 Å². The first kappa shape index (κ1) is 16.2. The molecule has 0 aliphatic carbocycles. The van der Waals surface area contributed by atoms with Crippen molar-refractivity contribution in [1.82, 2.24) is 15.3 Å². The molecule has 0 bridgehead atoms. The van der Waals surface area contributed by atoms with Crippen molar-refractivity contribution in [3.63, 3.8) is 0 Å². The van der Waals surface area contributed by atoms with Crippen molar-refractivity contribution in [2.24, 2.45) is 0 Å². The van der Waals surface area contributed by atoms with E-state index in [1.165, 1.54) is 14.1 Å². The Balaban J connectivity index is 0.000000315. The zero-order valence-electron chi connectivity index (χ0n) is 9.34. The molecule has 0 radical (unpaired) electrons. The SMILES string of the molecule is C1CNCCN1.CN(C)P(=O)(O)O[PH](=O)O. The Labute approximate surface area is 95.5 Å². The fourth-order valence-corrected chi connectivity index (χ4v) is 2.25. The van der Waals surface area contributed by atoms with Gasteiger partial charge in [0.15, 0.2) is 0 Å². The first-order chi connectivity index (χ1) is 7.36. The summed E-state index contributed by atoms with van der Waals surface area (Å²) in [5.41, 5.74) is 0. The Morgan fingerprint density at radius 2 is 1.62 bits per heavy atom. The third-order valence-electron chi connectivity index (χ3n) is 1.66. The van der Waals surface area contributed by atoms with Crippen molar-refractivity contribution in [3.05, 3.63) is 0 Å². The summed E-state index contributed by atoms with van der Waals surface area (Å²) >= 11 is 0. The van der Waals surface area contributed by atoms with E-state index in [0.29, 0.717) is 0 Å². The molecule has 0 aromatic carbocycles. The van der Waals surface area contributed by atoms with Gasteiger partial charge in [-0.05, 0) is 14.1 Å². The summed E-state index contributed by atoms with van der Waals surface area (Å²) in [4.78, 5) is 16.8. The molecule has 0 spiro atoms. The lowest BCUT2D eigenvalue weighted by Crippen LogP contribution is -2.39. The predicted octanol–water partition coefficient (Wildman–Crippen LogP) is -0.774. The van der Waals surface area contributed by atoms with Crippen LogP contribution in [-0.4, -0.2) is 54.7 Å². The van der Waals surface area contributed by atoms with Crippen LogP contribution >= 0.6 is 16.0 Å². The highest BCUT2D eigenvalue weighted by atomic mass is 31.2. The van der Waals surface area contributed by atoms with Gasteiger partial charge in [0.05, 0.1) is 0 Å². The van der Waals surface area contributed by atoms with E-state index >= 15 is 0 Å². The number of nitrogens with one attached hydrogen (secondary N) is 2. The number of nitrogens with zero attached hydrogens (tertiary/aromatic N) is 1. The van der Waals surface area contributed by atoms with Gasteiger partial charge in [0.25, 0.3) is 0 Å². The minimum absolute atomic E-state index is 0.839. The third kappa shape index (κ3) is 8.38. The smallest absolute Gasteiger partial charge is 0.326 e. The van der Waals surface area contributed by atoms with Gasteiger partial charge in [-0.15, -0.1) is 0 Å². The molecule has 1 aliphatic rings. The average molecular weight is 275 g/mol. The summed E-state index contributed by atoms with van der Waals surface area (Å²) in [6, 6.07) is 0. The number of hydrogen-bond donors (Lipinski definition) is 4. The van der Waals surface area contributed by atoms with Crippen LogP contribution in [-0.2, 0) is 13.4 Å². The second-order valence-corrected chi connectivity index (χ2v) is 6.24. The molecular weight excluding hydrogens is 256 g/mol. The van der Waals surface area contributed by atoms with Gasteiger partial charge in [-0.3, -0.25) is 4.57 Å². The van der Waals surface area contributed by atoms with Gasteiger partial charge in [-0.25, -0.2) is 13.5 Å². The third-order valence-corrected chi connectivity index (χ3v) is 4.25. The molecule has 1 rings (SSSR count). The first-order valence-electron chi connectivity index (χ1n) is 4.71. The molecular formula is C6H19N3O5P2. The molecule has 2 unspecified atom stereocenters. The van der Waals surface area contributed by atoms with E-state index in [-0.39, 0.29) is 0 Å². The number of hydrogen-bond acceptors (Lipinski definition) is 5. The standard InChI is InChI=1S/C4H10N2.C2H9NO5P2/c1-2-6-4-3-5-1;1-3(2)10(6,7)8-9(4)5/h5-6H,1-4H2;9H,1-2H3,(H,4,5)(H,6,7). The Kier molecular flexibility index (Phi) is 8.45. The summed E-state index contributed by atoms with van der Waals surface area (Å²) in [5, 5.41) is 6.44. The molecule has 1 heterocycles. The van der Waals surface area contributed by atoms with E-state index in [9.17, 15) is 9.13 Å². The molecule has 0 saturated carbocycles. The van der Waals surface area contributed by atoms with Crippen molar-refractivity contribution >= 4 is 16.0 Å². The van der Waals surface area contributed by atoms with Gasteiger partial charge in [-0.2, -0.15) is 0 Å². The largest absolute Gasteiger partial charge is 0.412 e. The maximum absolute atomic E-state index is 10.6. The van der Waals surface area contributed by atoms with Crippen molar-refractivity contribution in [2.45, 2.75) is 0 Å². The molecule has 16 heavy (non-hydrogen) atoms. The lowest BCUT2D eigenvalue weighted by molar-refractivity contribution is 0.303. The van der Waals surface area contributed by atoms with Crippen LogP contribution in [0.25, 0.3) is 0 Å². The minimum Gasteiger partial charge on any atom is -0.326 e. The average Bonchev–Trinajstić information content (AvgIpc) is 2.19. The highest BCUT2D eigenvalue weighted by Crippen LogP contribution is 2.50. The van der Waals surface area contributed by atoms with Gasteiger partial charge in [0, 0.05) is 26.2 Å². The van der Waals surface area contributed by atoms with Crippen molar-refractivity contribution in [3.8, 4) is 0 Å². The Morgan fingerprint density at radius 3 is 1.75 bits per heavy atom. The summed E-state index contributed by atoms with van der Waals surface area (Å²) in [6.45, 7) is 4.56. The van der Waals surface area contributed by atoms with E-state index < -0.39 is 16.0 Å². The normalized spacial score (nSPS) is 21.8. The molecule has 98 valence electrons. The van der Waals surface area contributed by atoms with Gasteiger partial charge in [0.2, 0.25) is 0 Å². The fraction of sp³-hybridized carbons (Fsp3) is 1.00. The Hall–Kier alpha value is 0.220. The van der Waals surface area contributed by atoms with E-state index in [4.69, 9.17) is 9.79 Å². The maximum atomic E-state index is 10.6. The highest BCUT2D eigenvalue weighted by Gasteiger charge is 2.24. The summed E-state index contributed by atoms with van der Waals surface area (Å²) < 4.78 is 25.2. The second kappa shape index (κ2) is 8.33. The zero-order chi connectivity index (χ0) is 12.6. The van der Waals surface area contributed by atoms with E-state index in [1.54, 1.807) is 0 Å². The van der Waals surface area contributed by atoms with Crippen LogP contribution in [0, 0.1) is 0 Å². The van der Waals surface area contributed by atoms with E-state index in [1.807, 2.05) is 0 Å². The Morgan fingerprint density at radius 1 is 1.25 bits per heavy atom. The molecule has 2 atom stereocenters. The van der Waals surface area contributed by atoms with Gasteiger partial charge < -0.3 is 20.4 Å². The van der Waals surface area contributed by atoms with Crippen LogP contribution in [0.5, 0.6) is 0 Å². The quantitative estimate of drug-likeness (QED) is 0.497. The van der Waals surface area contributed by atoms with Crippen molar-refractivity contribution < 1.29 is 23.2 Å². The number of piperazine rings is 1. The van der Waals surface area contributed by atoms with Crippen LogP contribution in [0.4, 0.5) is 0 Å². The first-order valence-corrected chi connectivity index (χ1v) is 7.50. The van der Waals surface area contributed by atoms with Crippen molar-refractivity contribution in [1.29, 1.82) is 0 Å². The molecule has 1 aliphatic heterocycles. The topological polar surface area (TPSA) is 111 Å². The van der Waals surface area contributed by atoms with Gasteiger partial charge in [0.1, 0.15) is 0 Å². The monoisotopic (exact) mass is 275 g/mol. The van der Waals surface area contributed by atoms with Crippen LogP contribution in [0.3, 0.4) is 0 Å². The van der Waals surface area contributed by atoms with Crippen molar-refractivity contribution in [2.75, 3.05) is 40.3 Å². The Bertz CT molecular complexity index is 247. The molecule has 8 nitrogen and oxygen atoms in total. The summed E-state index contributed by atoms with van der Waals surface area (Å²) in [7, 11) is -4.81. The summed E-state index contributed by atoms with van der Waals surface area (Å²) in [6.07, 6.45) is 0. The van der Waals surface area contributed by atoms with Crippen LogP contribution in [0.15, 0.2) is 0 Å². The van der Waals surface area contributed by atoms with Gasteiger partial charge in [-0.1, -0.05) is 0 Å². The van der Waals surface area contributed by atoms with Gasteiger partial charge >= 0.3 is 16.0 Å². The van der Waals surface area contributed by atoms with Crippen LogP contribution in [0.1, 0.15) is 0 Å². The highest BCUT2D eigenvalue weighted by molar-refractivity contribution is 7.57. The zero-order valence-corrected chi connectivity index (χ0v) is 11.2. The molecule has 10 heteroatoms. The lowest BCUT2D eigenvalue weighted by Gasteiger charge is -2.15.